The summed E-state index contributed by atoms with van der Waals surface area (Å²) in [5.41, 5.74) is 11.1. The molecular weight excluding hydrogens is 150 g/mol. The minimum absolute atomic E-state index is 0.257. The fourth-order valence-electron chi connectivity index (χ4n) is 0.971. The highest BCUT2D eigenvalue weighted by molar-refractivity contribution is 4.75. The van der Waals surface area contributed by atoms with Gasteiger partial charge in [-0.3, -0.25) is 0 Å². The molecule has 3 heteroatoms. The first kappa shape index (κ1) is 11.6. The summed E-state index contributed by atoms with van der Waals surface area (Å²) in [5, 5.41) is 3.28. The summed E-state index contributed by atoms with van der Waals surface area (Å²) in [6.45, 7) is 6.38. The van der Waals surface area contributed by atoms with Crippen molar-refractivity contribution < 1.29 is 0 Å². The quantitative estimate of drug-likeness (QED) is 0.361. The molecule has 0 aliphatic rings. The lowest BCUT2D eigenvalue weighted by molar-refractivity contribution is 0.558. The van der Waals surface area contributed by atoms with E-state index < -0.39 is 0 Å². The maximum absolute atomic E-state index is 5.76. The van der Waals surface area contributed by atoms with E-state index >= 15 is 0 Å². The second-order valence-corrected chi connectivity index (χ2v) is 2.97. The Morgan fingerprint density at radius 3 is 2.75 bits per heavy atom. The molecule has 0 saturated heterocycles. The van der Waals surface area contributed by atoms with Gasteiger partial charge in [0.1, 0.15) is 0 Å². The van der Waals surface area contributed by atoms with Crippen molar-refractivity contribution in [1.29, 1.82) is 0 Å². The van der Waals surface area contributed by atoms with Gasteiger partial charge in [0.05, 0.1) is 0 Å². The third-order valence-corrected chi connectivity index (χ3v) is 1.72. The van der Waals surface area contributed by atoms with Gasteiger partial charge >= 0.3 is 0 Å². The van der Waals surface area contributed by atoms with Crippen molar-refractivity contribution in [3.8, 4) is 0 Å². The first-order chi connectivity index (χ1) is 5.81. The van der Waals surface area contributed by atoms with Gasteiger partial charge in [-0.05, 0) is 38.9 Å². The van der Waals surface area contributed by atoms with Crippen molar-refractivity contribution in [1.82, 2.24) is 5.32 Å². The van der Waals surface area contributed by atoms with Crippen molar-refractivity contribution in [3.63, 3.8) is 0 Å². The number of hydrogen-bond donors (Lipinski definition) is 3. The van der Waals surface area contributed by atoms with Crippen molar-refractivity contribution in [3.05, 3.63) is 12.7 Å². The standard InChI is InChI=1S/C9H21N3/c1-2-4-9(11)5-8-12-7-3-6-10/h2,9,12H,1,3-8,10-11H2. The summed E-state index contributed by atoms with van der Waals surface area (Å²) < 4.78 is 0. The molecule has 5 N–H and O–H groups in total. The van der Waals surface area contributed by atoms with Crippen LogP contribution in [0.5, 0.6) is 0 Å². The Labute approximate surface area is 75.2 Å². The molecule has 3 nitrogen and oxygen atoms in total. The first-order valence-corrected chi connectivity index (χ1v) is 4.58. The molecule has 0 aliphatic carbocycles. The molecule has 0 saturated carbocycles. The summed E-state index contributed by atoms with van der Waals surface area (Å²) in [6.07, 6.45) is 4.82. The van der Waals surface area contributed by atoms with Crippen LogP contribution in [0.2, 0.25) is 0 Å². The maximum atomic E-state index is 5.76. The molecule has 0 rings (SSSR count). The molecule has 1 atom stereocenters. The van der Waals surface area contributed by atoms with E-state index in [0.717, 1.165) is 38.9 Å². The second-order valence-electron chi connectivity index (χ2n) is 2.97. The van der Waals surface area contributed by atoms with E-state index in [0.29, 0.717) is 0 Å². The topological polar surface area (TPSA) is 64.1 Å². The predicted molar refractivity (Wildman–Crippen MR) is 53.9 cm³/mol. The van der Waals surface area contributed by atoms with Crippen molar-refractivity contribution in [2.75, 3.05) is 19.6 Å². The molecule has 0 aromatic carbocycles. The van der Waals surface area contributed by atoms with Crippen LogP contribution in [0.15, 0.2) is 12.7 Å². The molecule has 0 aromatic heterocycles. The number of hydrogen-bond acceptors (Lipinski definition) is 3. The third kappa shape index (κ3) is 7.72. The van der Waals surface area contributed by atoms with Gasteiger partial charge in [-0.1, -0.05) is 6.08 Å². The van der Waals surface area contributed by atoms with Gasteiger partial charge in [-0.2, -0.15) is 0 Å². The zero-order chi connectivity index (χ0) is 9.23. The average Bonchev–Trinajstić information content (AvgIpc) is 2.05. The van der Waals surface area contributed by atoms with Gasteiger partial charge in [0.2, 0.25) is 0 Å². The van der Waals surface area contributed by atoms with E-state index in [4.69, 9.17) is 11.5 Å². The predicted octanol–water partition coefficient (Wildman–Crippen LogP) is 0.218. The fourth-order valence-corrected chi connectivity index (χ4v) is 0.971. The van der Waals surface area contributed by atoms with Gasteiger partial charge in [0, 0.05) is 6.04 Å². The highest BCUT2D eigenvalue weighted by atomic mass is 14.9. The lowest BCUT2D eigenvalue weighted by Crippen LogP contribution is -2.27. The van der Waals surface area contributed by atoms with Crippen molar-refractivity contribution in [2.45, 2.75) is 25.3 Å². The molecule has 72 valence electrons. The minimum atomic E-state index is 0.257. The average molecular weight is 171 g/mol. The van der Waals surface area contributed by atoms with E-state index in [-0.39, 0.29) is 6.04 Å². The monoisotopic (exact) mass is 171 g/mol. The molecule has 0 aromatic rings. The fraction of sp³-hybridized carbons (Fsp3) is 0.778. The Kier molecular flexibility index (Phi) is 8.44. The summed E-state index contributed by atoms with van der Waals surface area (Å²) in [4.78, 5) is 0. The summed E-state index contributed by atoms with van der Waals surface area (Å²) in [6, 6.07) is 0.257. The molecule has 0 radical (unpaired) electrons. The van der Waals surface area contributed by atoms with Crippen LogP contribution in [0, 0.1) is 0 Å². The molecule has 12 heavy (non-hydrogen) atoms. The molecular formula is C9H21N3. The second kappa shape index (κ2) is 8.71. The summed E-state index contributed by atoms with van der Waals surface area (Å²) in [7, 11) is 0. The van der Waals surface area contributed by atoms with Crippen LogP contribution in [-0.4, -0.2) is 25.7 Å². The lowest BCUT2D eigenvalue weighted by atomic mass is 10.1. The lowest BCUT2D eigenvalue weighted by Gasteiger charge is -2.09. The van der Waals surface area contributed by atoms with Crippen LogP contribution in [-0.2, 0) is 0 Å². The Morgan fingerprint density at radius 1 is 1.42 bits per heavy atom. The molecule has 1 unspecified atom stereocenters. The van der Waals surface area contributed by atoms with Gasteiger partial charge < -0.3 is 16.8 Å². The molecule has 0 amide bonds. The molecule has 0 heterocycles. The Morgan fingerprint density at radius 2 is 2.17 bits per heavy atom. The summed E-state index contributed by atoms with van der Waals surface area (Å²) in [5.74, 6) is 0. The minimum Gasteiger partial charge on any atom is -0.330 e. The van der Waals surface area contributed by atoms with Crippen LogP contribution < -0.4 is 16.8 Å². The SMILES string of the molecule is C=CCC(N)CCNCCCN. The molecule has 0 aliphatic heterocycles. The van der Waals surface area contributed by atoms with Crippen molar-refractivity contribution >= 4 is 0 Å². The van der Waals surface area contributed by atoms with Crippen LogP contribution in [0.25, 0.3) is 0 Å². The maximum Gasteiger partial charge on any atom is 0.00853 e. The summed E-state index contributed by atoms with van der Waals surface area (Å²) >= 11 is 0. The van der Waals surface area contributed by atoms with Crippen LogP contribution >= 0.6 is 0 Å². The van der Waals surface area contributed by atoms with Gasteiger partial charge in [-0.25, -0.2) is 0 Å². The highest BCUT2D eigenvalue weighted by Crippen LogP contribution is 1.92. The molecule has 0 fully saturated rings. The van der Waals surface area contributed by atoms with Crippen LogP contribution in [0.1, 0.15) is 19.3 Å². The van der Waals surface area contributed by atoms with Crippen LogP contribution in [0.3, 0.4) is 0 Å². The highest BCUT2D eigenvalue weighted by Gasteiger charge is 1.97. The van der Waals surface area contributed by atoms with E-state index in [1.165, 1.54) is 0 Å². The van der Waals surface area contributed by atoms with Crippen molar-refractivity contribution in [2.24, 2.45) is 11.5 Å². The number of nitrogens with one attached hydrogen (secondary N) is 1. The van der Waals surface area contributed by atoms with Gasteiger partial charge in [0.15, 0.2) is 0 Å². The number of nitrogens with two attached hydrogens (primary N) is 2. The first-order valence-electron chi connectivity index (χ1n) is 4.58. The Hall–Kier alpha value is -0.380. The largest absolute Gasteiger partial charge is 0.330 e. The van der Waals surface area contributed by atoms with E-state index in [2.05, 4.69) is 11.9 Å². The Bertz CT molecular complexity index is 104. The zero-order valence-electron chi connectivity index (χ0n) is 7.76. The third-order valence-electron chi connectivity index (χ3n) is 1.72. The van der Waals surface area contributed by atoms with Gasteiger partial charge in [-0.15, -0.1) is 6.58 Å². The van der Waals surface area contributed by atoms with E-state index in [1.54, 1.807) is 0 Å². The van der Waals surface area contributed by atoms with E-state index in [1.807, 2.05) is 6.08 Å². The molecule has 0 spiro atoms. The van der Waals surface area contributed by atoms with Crippen LogP contribution in [0.4, 0.5) is 0 Å². The zero-order valence-corrected chi connectivity index (χ0v) is 7.76. The molecule has 0 bridgehead atoms. The normalized spacial score (nSPS) is 12.8. The van der Waals surface area contributed by atoms with E-state index in [9.17, 15) is 0 Å². The number of rotatable bonds is 8. The smallest absolute Gasteiger partial charge is 0.00853 e. The van der Waals surface area contributed by atoms with Gasteiger partial charge in [0.25, 0.3) is 0 Å². The Balaban J connectivity index is 3.02.